The Morgan fingerprint density at radius 3 is 2.69 bits per heavy atom. The quantitative estimate of drug-likeness (QED) is 0.392. The number of ether oxygens (including phenoxy) is 1. The van der Waals surface area contributed by atoms with Crippen molar-refractivity contribution in [2.45, 2.75) is 32.3 Å². The third-order valence-corrected chi connectivity index (χ3v) is 5.46. The van der Waals surface area contributed by atoms with Crippen LogP contribution in [0.1, 0.15) is 23.5 Å². The molecule has 2 fully saturated rings. The summed E-state index contributed by atoms with van der Waals surface area (Å²) in [4.78, 5) is 25.4. The van der Waals surface area contributed by atoms with Crippen LogP contribution in [-0.4, -0.2) is 79.1 Å². The molecule has 1 unspecified atom stereocenters. The van der Waals surface area contributed by atoms with Crippen molar-refractivity contribution in [3.8, 4) is 0 Å². The summed E-state index contributed by atoms with van der Waals surface area (Å²) in [5.74, 6) is 1.05. The van der Waals surface area contributed by atoms with E-state index in [9.17, 15) is 4.79 Å². The largest absolute Gasteiger partial charge is 0.368 e. The molecule has 2 aliphatic heterocycles. The minimum atomic E-state index is -0.217. The van der Waals surface area contributed by atoms with Crippen molar-refractivity contribution in [2.75, 3.05) is 46.4 Å². The van der Waals surface area contributed by atoms with Crippen molar-refractivity contribution < 1.29 is 9.53 Å². The third-order valence-electron chi connectivity index (χ3n) is 4.64. The highest BCUT2D eigenvalue weighted by atomic mass is 127. The molecule has 2 saturated heterocycles. The van der Waals surface area contributed by atoms with Gasteiger partial charge in [-0.3, -0.25) is 9.79 Å². The fraction of sp³-hybridized carbons (Fsp3) is 0.706. The van der Waals surface area contributed by atoms with Crippen molar-refractivity contribution in [3.05, 3.63) is 16.1 Å². The first kappa shape index (κ1) is 21.4. The molecule has 1 aromatic heterocycles. The van der Waals surface area contributed by atoms with Gasteiger partial charge in [0.1, 0.15) is 6.10 Å². The Morgan fingerprint density at radius 2 is 2.12 bits per heavy atom. The standard InChI is InChI=1S/C17H27N5O2S.HI/c1-13-20-14(12-25-13)5-6-19-17(18-2)22-9-7-21(8-10-22)16(23)15-4-3-11-24-15;/h12,15H,3-11H2,1-2H3,(H,18,19);1H. The maximum absolute atomic E-state index is 12.4. The molecular formula is C17H28IN5O2S. The maximum atomic E-state index is 12.4. The lowest BCUT2D eigenvalue weighted by atomic mass is 10.2. The summed E-state index contributed by atoms with van der Waals surface area (Å²) in [7, 11) is 1.80. The lowest BCUT2D eigenvalue weighted by Gasteiger charge is -2.37. The minimum Gasteiger partial charge on any atom is -0.368 e. The molecule has 0 spiro atoms. The van der Waals surface area contributed by atoms with E-state index in [2.05, 4.69) is 25.6 Å². The zero-order valence-electron chi connectivity index (χ0n) is 15.4. The number of thiazole rings is 1. The number of carbonyl (C=O) groups excluding carboxylic acids is 1. The van der Waals surface area contributed by atoms with Crippen LogP contribution in [0.4, 0.5) is 0 Å². The van der Waals surface area contributed by atoms with E-state index in [4.69, 9.17) is 4.74 Å². The average Bonchev–Trinajstić information content (AvgIpc) is 3.30. The fourth-order valence-corrected chi connectivity index (χ4v) is 3.92. The number of aromatic nitrogens is 1. The molecule has 0 bridgehead atoms. The Labute approximate surface area is 176 Å². The van der Waals surface area contributed by atoms with E-state index < -0.39 is 0 Å². The first-order chi connectivity index (χ1) is 12.2. The molecule has 2 aliphatic rings. The maximum Gasteiger partial charge on any atom is 0.251 e. The second-order valence-electron chi connectivity index (χ2n) is 6.40. The second kappa shape index (κ2) is 10.4. The summed E-state index contributed by atoms with van der Waals surface area (Å²) in [6, 6.07) is 0. The van der Waals surface area contributed by atoms with Crippen LogP contribution in [0, 0.1) is 6.92 Å². The molecule has 3 heterocycles. The molecule has 1 aromatic rings. The van der Waals surface area contributed by atoms with Crippen molar-refractivity contribution in [2.24, 2.45) is 4.99 Å². The number of halogens is 1. The van der Waals surface area contributed by atoms with E-state index in [1.807, 2.05) is 11.8 Å². The number of carbonyl (C=O) groups is 1. The van der Waals surface area contributed by atoms with E-state index in [0.717, 1.165) is 68.6 Å². The highest BCUT2D eigenvalue weighted by Gasteiger charge is 2.30. The van der Waals surface area contributed by atoms with Crippen molar-refractivity contribution in [1.29, 1.82) is 0 Å². The lowest BCUT2D eigenvalue weighted by molar-refractivity contribution is -0.142. The predicted molar refractivity (Wildman–Crippen MR) is 114 cm³/mol. The van der Waals surface area contributed by atoms with Crippen molar-refractivity contribution in [1.82, 2.24) is 20.1 Å². The highest BCUT2D eigenvalue weighted by molar-refractivity contribution is 14.0. The van der Waals surface area contributed by atoms with Gasteiger partial charge in [0.15, 0.2) is 5.96 Å². The third kappa shape index (κ3) is 5.53. The summed E-state index contributed by atoms with van der Waals surface area (Å²) in [6.45, 7) is 6.60. The summed E-state index contributed by atoms with van der Waals surface area (Å²) < 4.78 is 5.51. The van der Waals surface area contributed by atoms with E-state index >= 15 is 0 Å². The first-order valence-electron chi connectivity index (χ1n) is 8.94. The molecule has 0 aliphatic carbocycles. The van der Waals surface area contributed by atoms with E-state index in [-0.39, 0.29) is 36.0 Å². The van der Waals surface area contributed by atoms with E-state index in [1.165, 1.54) is 0 Å². The Balaban J connectivity index is 0.00000243. The first-order valence-corrected chi connectivity index (χ1v) is 9.82. The van der Waals surface area contributed by atoms with Crippen LogP contribution in [0.2, 0.25) is 0 Å². The summed E-state index contributed by atoms with van der Waals surface area (Å²) in [6.07, 6.45) is 2.52. The lowest BCUT2D eigenvalue weighted by Crippen LogP contribution is -2.55. The van der Waals surface area contributed by atoms with Gasteiger partial charge in [-0.2, -0.15) is 0 Å². The van der Waals surface area contributed by atoms with Crippen LogP contribution in [0.3, 0.4) is 0 Å². The SMILES string of the molecule is CN=C(NCCc1csc(C)n1)N1CCN(C(=O)C2CCCO2)CC1.I. The van der Waals surface area contributed by atoms with Crippen LogP contribution >= 0.6 is 35.3 Å². The topological polar surface area (TPSA) is 70.1 Å². The van der Waals surface area contributed by atoms with E-state index in [0.29, 0.717) is 6.61 Å². The molecule has 146 valence electrons. The smallest absolute Gasteiger partial charge is 0.251 e. The van der Waals surface area contributed by atoms with Crippen LogP contribution < -0.4 is 5.32 Å². The van der Waals surface area contributed by atoms with Gasteiger partial charge in [0.25, 0.3) is 5.91 Å². The number of amides is 1. The number of hydrogen-bond acceptors (Lipinski definition) is 5. The molecule has 1 N–H and O–H groups in total. The number of nitrogens with one attached hydrogen (secondary N) is 1. The van der Waals surface area contributed by atoms with Gasteiger partial charge in [0, 0.05) is 58.2 Å². The van der Waals surface area contributed by atoms with Crippen LogP contribution in [-0.2, 0) is 16.0 Å². The zero-order valence-corrected chi connectivity index (χ0v) is 18.6. The van der Waals surface area contributed by atoms with Gasteiger partial charge in [-0.1, -0.05) is 0 Å². The Kier molecular flexibility index (Phi) is 8.55. The van der Waals surface area contributed by atoms with Gasteiger partial charge >= 0.3 is 0 Å². The van der Waals surface area contributed by atoms with Crippen molar-refractivity contribution >= 4 is 47.2 Å². The number of aryl methyl sites for hydroxylation is 1. The number of rotatable bonds is 4. The number of nitrogens with zero attached hydrogens (tertiary/aromatic N) is 4. The molecular weight excluding hydrogens is 465 g/mol. The molecule has 26 heavy (non-hydrogen) atoms. The number of guanidine groups is 1. The molecule has 0 radical (unpaired) electrons. The minimum absolute atomic E-state index is 0. The molecule has 0 saturated carbocycles. The van der Waals surface area contributed by atoms with Crippen molar-refractivity contribution in [3.63, 3.8) is 0 Å². The summed E-state index contributed by atoms with van der Waals surface area (Å²) >= 11 is 1.68. The molecule has 9 heteroatoms. The summed E-state index contributed by atoms with van der Waals surface area (Å²) in [5.41, 5.74) is 1.12. The number of hydrogen-bond donors (Lipinski definition) is 1. The van der Waals surface area contributed by atoms with Gasteiger partial charge in [-0.05, 0) is 19.8 Å². The van der Waals surface area contributed by atoms with Gasteiger partial charge in [-0.25, -0.2) is 4.98 Å². The summed E-state index contributed by atoms with van der Waals surface area (Å²) in [5, 5.41) is 6.62. The van der Waals surface area contributed by atoms with Crippen LogP contribution in [0.25, 0.3) is 0 Å². The van der Waals surface area contributed by atoms with Crippen LogP contribution in [0.15, 0.2) is 10.4 Å². The van der Waals surface area contributed by atoms with Gasteiger partial charge in [-0.15, -0.1) is 35.3 Å². The second-order valence-corrected chi connectivity index (χ2v) is 7.46. The molecule has 0 aromatic carbocycles. The molecule has 3 rings (SSSR count). The zero-order chi connectivity index (χ0) is 17.6. The van der Waals surface area contributed by atoms with Gasteiger partial charge in [0.2, 0.25) is 0 Å². The monoisotopic (exact) mass is 493 g/mol. The molecule has 7 nitrogen and oxygen atoms in total. The highest BCUT2D eigenvalue weighted by Crippen LogP contribution is 2.16. The Morgan fingerprint density at radius 1 is 1.38 bits per heavy atom. The van der Waals surface area contributed by atoms with E-state index in [1.54, 1.807) is 18.4 Å². The Hall–Kier alpha value is -0.940. The number of aliphatic imine (C=N–C) groups is 1. The Bertz CT molecular complexity index is 610. The fourth-order valence-electron chi connectivity index (χ4n) is 3.27. The van der Waals surface area contributed by atoms with Crippen LogP contribution in [0.5, 0.6) is 0 Å². The van der Waals surface area contributed by atoms with Gasteiger partial charge in [0.05, 0.1) is 10.7 Å². The number of piperazine rings is 1. The molecule has 1 atom stereocenters. The normalized spacial score (nSPS) is 20.8. The molecule has 1 amide bonds. The van der Waals surface area contributed by atoms with Gasteiger partial charge < -0.3 is 19.9 Å². The predicted octanol–water partition coefficient (Wildman–Crippen LogP) is 1.51. The average molecular weight is 493 g/mol.